The molecule has 8 heteroatoms. The van der Waals surface area contributed by atoms with Crippen LogP contribution in [0.5, 0.6) is 0 Å². The van der Waals surface area contributed by atoms with Gasteiger partial charge in [0.25, 0.3) is 0 Å². The summed E-state index contributed by atoms with van der Waals surface area (Å²) >= 11 is 0. The molecule has 1 atom stereocenters. The minimum absolute atomic E-state index is 0.0219. The van der Waals surface area contributed by atoms with Gasteiger partial charge in [0.05, 0.1) is 18.8 Å². The van der Waals surface area contributed by atoms with Gasteiger partial charge in [-0.2, -0.15) is 4.98 Å². The largest absolute Gasteiger partial charge is 0.461 e. The van der Waals surface area contributed by atoms with Crippen molar-refractivity contribution in [3.63, 3.8) is 0 Å². The number of hydrogen-bond acceptors (Lipinski definition) is 7. The van der Waals surface area contributed by atoms with E-state index in [0.717, 1.165) is 11.5 Å². The lowest BCUT2D eigenvalue weighted by atomic mass is 10.3. The van der Waals surface area contributed by atoms with Gasteiger partial charge in [0.2, 0.25) is 11.7 Å². The summed E-state index contributed by atoms with van der Waals surface area (Å²) in [4.78, 5) is 4.29. The molecule has 0 aliphatic rings. The van der Waals surface area contributed by atoms with E-state index in [4.69, 9.17) is 8.94 Å². The van der Waals surface area contributed by atoms with Crippen LogP contribution in [0.3, 0.4) is 0 Å². The third-order valence-corrected chi connectivity index (χ3v) is 3.50. The first-order valence-corrected chi connectivity index (χ1v) is 7.21. The molecule has 0 aliphatic carbocycles. The second-order valence-corrected chi connectivity index (χ2v) is 5.08. The molecule has 4 heterocycles. The molecule has 1 N–H and O–H groups in total. The molecule has 116 valence electrons. The third kappa shape index (κ3) is 2.59. The van der Waals surface area contributed by atoms with Crippen molar-refractivity contribution >= 4 is 5.65 Å². The highest BCUT2D eigenvalue weighted by molar-refractivity contribution is 5.44. The number of aromatic nitrogens is 5. The number of furan rings is 1. The van der Waals surface area contributed by atoms with Gasteiger partial charge in [-0.05, 0) is 31.2 Å². The van der Waals surface area contributed by atoms with E-state index >= 15 is 0 Å². The van der Waals surface area contributed by atoms with Crippen LogP contribution in [0.1, 0.15) is 24.7 Å². The van der Waals surface area contributed by atoms with E-state index in [-0.39, 0.29) is 6.04 Å². The molecular formula is C15H14N6O2. The molecule has 0 fully saturated rings. The van der Waals surface area contributed by atoms with Crippen LogP contribution in [0.15, 0.2) is 51.7 Å². The zero-order valence-corrected chi connectivity index (χ0v) is 12.4. The quantitative estimate of drug-likeness (QED) is 0.604. The van der Waals surface area contributed by atoms with Crippen LogP contribution >= 0.6 is 0 Å². The molecule has 4 aromatic rings. The number of nitrogens with one attached hydrogen (secondary N) is 1. The Balaban J connectivity index is 1.46. The Morgan fingerprint density at radius 1 is 1.22 bits per heavy atom. The van der Waals surface area contributed by atoms with Crippen molar-refractivity contribution in [2.75, 3.05) is 0 Å². The highest BCUT2D eigenvalue weighted by atomic mass is 16.5. The Bertz CT molecular complexity index is 911. The second-order valence-electron chi connectivity index (χ2n) is 5.08. The molecule has 8 nitrogen and oxygen atoms in total. The maximum Gasteiger partial charge on any atom is 0.241 e. The summed E-state index contributed by atoms with van der Waals surface area (Å²) in [7, 11) is 0. The van der Waals surface area contributed by atoms with Crippen molar-refractivity contribution in [3.05, 3.63) is 54.5 Å². The van der Waals surface area contributed by atoms with Crippen LogP contribution in [0.25, 0.3) is 17.2 Å². The van der Waals surface area contributed by atoms with Crippen molar-refractivity contribution in [1.82, 2.24) is 30.1 Å². The molecule has 0 amide bonds. The fraction of sp³-hybridized carbons (Fsp3) is 0.200. The van der Waals surface area contributed by atoms with Crippen LogP contribution in [-0.4, -0.2) is 24.7 Å². The normalized spacial score (nSPS) is 12.7. The standard InChI is InChI=1S/C15H14N6O2/c1-10(15-19-18-12-6-2-3-7-21(12)15)16-9-13-17-14(20-23-13)11-5-4-8-22-11/h2-8,10,16H,9H2,1H3/t10-/m1/s1. The lowest BCUT2D eigenvalue weighted by Crippen LogP contribution is -2.20. The molecule has 0 saturated carbocycles. The summed E-state index contributed by atoms with van der Waals surface area (Å²) in [6.07, 6.45) is 3.51. The average Bonchev–Trinajstić information content (AvgIpc) is 3.31. The van der Waals surface area contributed by atoms with Gasteiger partial charge in [-0.1, -0.05) is 11.2 Å². The van der Waals surface area contributed by atoms with Crippen molar-refractivity contribution in [2.45, 2.75) is 19.5 Å². The van der Waals surface area contributed by atoms with E-state index in [1.54, 1.807) is 18.4 Å². The van der Waals surface area contributed by atoms with Crippen LogP contribution < -0.4 is 5.32 Å². The van der Waals surface area contributed by atoms with Gasteiger partial charge in [0, 0.05) is 6.20 Å². The third-order valence-electron chi connectivity index (χ3n) is 3.50. The molecule has 0 bridgehead atoms. The fourth-order valence-electron chi connectivity index (χ4n) is 2.32. The van der Waals surface area contributed by atoms with Gasteiger partial charge in [-0.15, -0.1) is 10.2 Å². The van der Waals surface area contributed by atoms with Crippen molar-refractivity contribution in [1.29, 1.82) is 0 Å². The smallest absolute Gasteiger partial charge is 0.241 e. The number of pyridine rings is 1. The zero-order valence-electron chi connectivity index (χ0n) is 12.4. The highest BCUT2D eigenvalue weighted by Gasteiger charge is 2.15. The van der Waals surface area contributed by atoms with E-state index in [1.807, 2.05) is 35.7 Å². The molecule has 0 unspecified atom stereocenters. The van der Waals surface area contributed by atoms with E-state index in [0.29, 0.717) is 24.0 Å². The van der Waals surface area contributed by atoms with Crippen LogP contribution in [0, 0.1) is 0 Å². The molecule has 23 heavy (non-hydrogen) atoms. The van der Waals surface area contributed by atoms with Crippen molar-refractivity contribution < 1.29 is 8.94 Å². The average molecular weight is 310 g/mol. The highest BCUT2D eigenvalue weighted by Crippen LogP contribution is 2.16. The predicted octanol–water partition coefficient (Wildman–Crippen LogP) is 2.22. The van der Waals surface area contributed by atoms with Crippen LogP contribution in [-0.2, 0) is 6.54 Å². The van der Waals surface area contributed by atoms with Gasteiger partial charge in [-0.25, -0.2) is 0 Å². The first kappa shape index (κ1) is 13.6. The molecule has 0 saturated heterocycles. The summed E-state index contributed by atoms with van der Waals surface area (Å²) in [5.74, 6) is 2.33. The molecule has 0 spiro atoms. The van der Waals surface area contributed by atoms with Gasteiger partial charge < -0.3 is 8.94 Å². The monoisotopic (exact) mass is 310 g/mol. The lowest BCUT2D eigenvalue weighted by Gasteiger charge is -2.10. The van der Waals surface area contributed by atoms with Crippen LogP contribution in [0.4, 0.5) is 0 Å². The summed E-state index contributed by atoms with van der Waals surface area (Å²) in [5, 5.41) is 15.6. The molecule has 0 radical (unpaired) electrons. The minimum Gasteiger partial charge on any atom is -0.461 e. The first-order chi connectivity index (χ1) is 11.3. The SMILES string of the molecule is C[C@@H](NCc1nc(-c2ccco2)no1)c1nnc2ccccn12. The predicted molar refractivity (Wildman–Crippen MR) is 80.2 cm³/mol. The first-order valence-electron chi connectivity index (χ1n) is 7.21. The molecule has 4 aromatic heterocycles. The maximum atomic E-state index is 5.24. The summed E-state index contributed by atoms with van der Waals surface area (Å²) < 4.78 is 12.4. The van der Waals surface area contributed by atoms with Gasteiger partial charge in [0.15, 0.2) is 17.2 Å². The number of nitrogens with zero attached hydrogens (tertiary/aromatic N) is 5. The van der Waals surface area contributed by atoms with E-state index < -0.39 is 0 Å². The van der Waals surface area contributed by atoms with Crippen molar-refractivity contribution in [2.24, 2.45) is 0 Å². The summed E-state index contributed by atoms with van der Waals surface area (Å²) in [6.45, 7) is 2.43. The summed E-state index contributed by atoms with van der Waals surface area (Å²) in [5.41, 5.74) is 0.814. The minimum atomic E-state index is -0.0219. The Hall–Kier alpha value is -3.00. The molecule has 4 rings (SSSR count). The van der Waals surface area contributed by atoms with E-state index in [1.165, 1.54) is 0 Å². The molecule has 0 aromatic carbocycles. The van der Waals surface area contributed by atoms with Crippen LogP contribution in [0.2, 0.25) is 0 Å². The number of hydrogen-bond donors (Lipinski definition) is 1. The topological polar surface area (TPSA) is 94.3 Å². The van der Waals surface area contributed by atoms with Gasteiger partial charge >= 0.3 is 0 Å². The Morgan fingerprint density at radius 3 is 3.04 bits per heavy atom. The Morgan fingerprint density at radius 2 is 2.17 bits per heavy atom. The van der Waals surface area contributed by atoms with E-state index in [2.05, 4.69) is 25.7 Å². The number of rotatable bonds is 5. The van der Waals surface area contributed by atoms with Gasteiger partial charge in [0.1, 0.15) is 0 Å². The summed E-state index contributed by atoms with van der Waals surface area (Å²) in [6, 6.07) is 9.33. The maximum absolute atomic E-state index is 5.24. The number of fused-ring (bicyclic) bond motifs is 1. The lowest BCUT2D eigenvalue weighted by molar-refractivity contribution is 0.358. The van der Waals surface area contributed by atoms with Crippen molar-refractivity contribution in [3.8, 4) is 11.6 Å². The Labute approximate surface area is 131 Å². The molecular weight excluding hydrogens is 296 g/mol. The fourth-order valence-corrected chi connectivity index (χ4v) is 2.32. The van der Waals surface area contributed by atoms with E-state index in [9.17, 15) is 0 Å². The Kier molecular flexibility index (Phi) is 3.35. The second kappa shape index (κ2) is 5.65. The van der Waals surface area contributed by atoms with Gasteiger partial charge in [-0.3, -0.25) is 9.72 Å². The zero-order chi connectivity index (χ0) is 15.6. The molecule has 0 aliphatic heterocycles.